The molecule has 0 heterocycles. The van der Waals surface area contributed by atoms with Crippen LogP contribution in [-0.4, -0.2) is 46.1 Å². The van der Waals surface area contributed by atoms with Crippen molar-refractivity contribution in [3.05, 3.63) is 24.3 Å². The first-order chi connectivity index (χ1) is 32.1. The lowest BCUT2D eigenvalue weighted by atomic mass is 10.0. The van der Waals surface area contributed by atoms with Crippen LogP contribution in [0.5, 0.6) is 0 Å². The van der Waals surface area contributed by atoms with E-state index in [2.05, 4.69) is 43.5 Å². The van der Waals surface area contributed by atoms with E-state index < -0.39 is 18.2 Å². The first-order valence-electron chi connectivity index (χ1n) is 29.6. The average molecular weight is 917 g/mol. The Labute approximate surface area is 407 Å². The maximum Gasteiger partial charge on any atom is 0.220 e. The van der Waals surface area contributed by atoms with Gasteiger partial charge < -0.3 is 20.6 Å². The fourth-order valence-corrected chi connectivity index (χ4v) is 9.48. The predicted octanol–water partition coefficient (Wildman–Crippen LogP) is 18.5. The minimum absolute atomic E-state index is 0.151. The second kappa shape index (κ2) is 55.4. The van der Waals surface area contributed by atoms with Gasteiger partial charge in [-0.05, 0) is 51.4 Å². The van der Waals surface area contributed by atoms with Gasteiger partial charge in [-0.25, -0.2) is 0 Å². The van der Waals surface area contributed by atoms with Crippen LogP contribution in [0.1, 0.15) is 328 Å². The van der Waals surface area contributed by atoms with E-state index in [4.69, 9.17) is 0 Å². The van der Waals surface area contributed by atoms with Gasteiger partial charge in [0, 0.05) is 6.42 Å². The number of aliphatic hydroxyl groups excluding tert-OH is 3. The molecule has 0 spiro atoms. The first kappa shape index (κ1) is 63.8. The number of allylic oxidation sites excluding steroid dienone is 4. The quantitative estimate of drug-likeness (QED) is 0.0361. The van der Waals surface area contributed by atoms with E-state index in [9.17, 15) is 20.1 Å². The van der Waals surface area contributed by atoms with Crippen molar-refractivity contribution in [1.29, 1.82) is 0 Å². The van der Waals surface area contributed by atoms with Crippen molar-refractivity contribution in [2.45, 2.75) is 347 Å². The van der Waals surface area contributed by atoms with E-state index in [1.165, 1.54) is 257 Å². The number of hydrogen-bond acceptors (Lipinski definition) is 4. The number of aliphatic hydroxyl groups is 3. The second-order valence-electron chi connectivity index (χ2n) is 20.5. The molecule has 0 aliphatic carbocycles. The van der Waals surface area contributed by atoms with Gasteiger partial charge in [0.25, 0.3) is 0 Å². The van der Waals surface area contributed by atoms with Crippen molar-refractivity contribution in [3.8, 4) is 0 Å². The first-order valence-corrected chi connectivity index (χ1v) is 29.6. The van der Waals surface area contributed by atoms with E-state index >= 15 is 0 Å². The largest absolute Gasteiger partial charge is 0.394 e. The van der Waals surface area contributed by atoms with Crippen molar-refractivity contribution >= 4 is 5.91 Å². The fraction of sp³-hybridized carbons (Fsp3) is 0.917. The van der Waals surface area contributed by atoms with Gasteiger partial charge in [0.1, 0.15) is 6.10 Å². The maximum atomic E-state index is 12.5. The van der Waals surface area contributed by atoms with E-state index in [-0.39, 0.29) is 12.5 Å². The Morgan fingerprint density at radius 1 is 0.369 bits per heavy atom. The summed E-state index contributed by atoms with van der Waals surface area (Å²) in [5.74, 6) is -0.151. The number of unbranched alkanes of at least 4 members (excludes halogenated alkanes) is 43. The van der Waals surface area contributed by atoms with Crippen LogP contribution in [0.25, 0.3) is 0 Å². The highest BCUT2D eigenvalue weighted by Gasteiger charge is 2.26. The molecule has 0 bridgehead atoms. The number of hydrogen-bond donors (Lipinski definition) is 4. The topological polar surface area (TPSA) is 89.8 Å². The van der Waals surface area contributed by atoms with E-state index in [0.717, 1.165) is 44.9 Å². The van der Waals surface area contributed by atoms with Crippen molar-refractivity contribution in [2.75, 3.05) is 6.61 Å². The highest BCUT2D eigenvalue weighted by atomic mass is 16.3. The second-order valence-corrected chi connectivity index (χ2v) is 20.5. The number of carbonyl (C=O) groups excluding carboxylic acids is 1. The number of amides is 1. The van der Waals surface area contributed by atoms with Gasteiger partial charge in [-0.15, -0.1) is 0 Å². The van der Waals surface area contributed by atoms with Gasteiger partial charge >= 0.3 is 0 Å². The van der Waals surface area contributed by atoms with Gasteiger partial charge in [-0.1, -0.05) is 295 Å². The molecule has 0 aliphatic rings. The van der Waals surface area contributed by atoms with Crippen LogP contribution in [0.3, 0.4) is 0 Å². The number of carbonyl (C=O) groups is 1. The zero-order chi connectivity index (χ0) is 47.2. The Balaban J connectivity index is 3.54. The molecule has 3 atom stereocenters. The molecule has 4 N–H and O–H groups in total. The van der Waals surface area contributed by atoms with Gasteiger partial charge in [0.05, 0.1) is 18.8 Å². The lowest BCUT2D eigenvalue weighted by Gasteiger charge is -2.26. The van der Waals surface area contributed by atoms with E-state index in [1.807, 2.05) is 0 Å². The summed E-state index contributed by atoms with van der Waals surface area (Å²) in [5, 5.41) is 33.8. The summed E-state index contributed by atoms with van der Waals surface area (Å²) in [6.45, 7) is 4.21. The highest BCUT2D eigenvalue weighted by Crippen LogP contribution is 2.18. The summed E-state index contributed by atoms with van der Waals surface area (Å²) < 4.78 is 0. The van der Waals surface area contributed by atoms with Crippen molar-refractivity contribution in [3.63, 3.8) is 0 Å². The number of rotatable bonds is 55. The summed E-state index contributed by atoms with van der Waals surface area (Å²) >= 11 is 0. The molecule has 0 fully saturated rings. The van der Waals surface area contributed by atoms with Crippen LogP contribution >= 0.6 is 0 Å². The van der Waals surface area contributed by atoms with Gasteiger partial charge in [0.2, 0.25) is 5.91 Å². The van der Waals surface area contributed by atoms with Gasteiger partial charge in [-0.3, -0.25) is 4.79 Å². The Morgan fingerprint density at radius 2 is 0.631 bits per heavy atom. The summed E-state index contributed by atoms with van der Waals surface area (Å²) in [6, 6.07) is -0.830. The van der Waals surface area contributed by atoms with E-state index in [1.54, 1.807) is 0 Å². The molecule has 0 aliphatic heterocycles. The van der Waals surface area contributed by atoms with Crippen molar-refractivity contribution in [1.82, 2.24) is 5.32 Å². The minimum Gasteiger partial charge on any atom is -0.394 e. The summed E-state index contributed by atoms with van der Waals surface area (Å²) in [7, 11) is 0. The molecule has 0 aromatic rings. The van der Waals surface area contributed by atoms with Crippen LogP contribution in [0.4, 0.5) is 0 Å². The van der Waals surface area contributed by atoms with Crippen LogP contribution < -0.4 is 5.32 Å². The molecule has 0 aromatic heterocycles. The predicted molar refractivity (Wildman–Crippen MR) is 287 cm³/mol. The molecule has 65 heavy (non-hydrogen) atoms. The SMILES string of the molecule is CCCCCCCCCCCCCCC/C=C/CC/C=C/CCCC(O)C(O)C(CO)NC(=O)CCCCCCCCCCCCCCCCCCCCCCCCCCCCCCC. The molecule has 0 saturated heterocycles. The molecular weight excluding hydrogens is 799 g/mol. The molecule has 1 amide bonds. The third-order valence-electron chi connectivity index (χ3n) is 14.0. The van der Waals surface area contributed by atoms with E-state index in [0.29, 0.717) is 12.8 Å². The average Bonchev–Trinajstić information content (AvgIpc) is 3.31. The number of nitrogens with one attached hydrogen (secondary N) is 1. The Bertz CT molecular complexity index is 967. The van der Waals surface area contributed by atoms with Gasteiger partial charge in [-0.2, -0.15) is 0 Å². The lowest BCUT2D eigenvalue weighted by molar-refractivity contribution is -0.124. The lowest BCUT2D eigenvalue weighted by Crippen LogP contribution is -2.50. The minimum atomic E-state index is -1.17. The fourth-order valence-electron chi connectivity index (χ4n) is 9.48. The standard InChI is InChI=1S/C60H117NO4/c1-3-5-7-9-11-13-15-17-19-21-23-25-27-28-29-30-31-32-33-35-37-39-41-43-45-47-49-51-53-55-59(64)61-57(56-62)60(65)58(63)54-52-50-48-46-44-42-40-38-36-34-26-24-22-20-18-16-14-12-10-8-6-4-2/h38,40,46,48,57-58,60,62-63,65H,3-37,39,41-45,47,49-56H2,1-2H3,(H,61,64)/b40-38+,48-46+. The molecular formula is C60H117NO4. The molecule has 5 nitrogen and oxygen atoms in total. The summed E-state index contributed by atoms with van der Waals surface area (Å²) in [4.78, 5) is 12.5. The van der Waals surface area contributed by atoms with Gasteiger partial charge in [0.15, 0.2) is 0 Å². The van der Waals surface area contributed by atoms with Crippen LogP contribution in [0, 0.1) is 0 Å². The Hall–Kier alpha value is -1.17. The molecule has 3 unspecified atom stereocenters. The molecule has 5 heteroatoms. The molecule has 0 radical (unpaired) electrons. The third-order valence-corrected chi connectivity index (χ3v) is 14.0. The molecule has 0 aromatic carbocycles. The van der Waals surface area contributed by atoms with Crippen LogP contribution in [-0.2, 0) is 4.79 Å². The Morgan fingerprint density at radius 3 is 0.938 bits per heavy atom. The zero-order valence-corrected chi connectivity index (χ0v) is 44.1. The van der Waals surface area contributed by atoms with Crippen LogP contribution in [0.2, 0.25) is 0 Å². The highest BCUT2D eigenvalue weighted by molar-refractivity contribution is 5.76. The van der Waals surface area contributed by atoms with Crippen LogP contribution in [0.15, 0.2) is 24.3 Å². The molecule has 0 saturated carbocycles. The maximum absolute atomic E-state index is 12.5. The third kappa shape index (κ3) is 50.5. The smallest absolute Gasteiger partial charge is 0.220 e. The Kier molecular flexibility index (Phi) is 54.4. The summed E-state index contributed by atoms with van der Waals surface area (Å²) in [5.41, 5.74) is 0. The molecule has 0 rings (SSSR count). The monoisotopic (exact) mass is 916 g/mol. The van der Waals surface area contributed by atoms with Crippen molar-refractivity contribution in [2.24, 2.45) is 0 Å². The zero-order valence-electron chi connectivity index (χ0n) is 44.1. The molecule has 386 valence electrons. The normalized spacial score (nSPS) is 13.4. The van der Waals surface area contributed by atoms with Crippen molar-refractivity contribution < 1.29 is 20.1 Å². The summed E-state index contributed by atoms with van der Waals surface area (Å²) in [6.07, 6.45) is 70.7.